The molecule has 0 aliphatic rings. The highest BCUT2D eigenvalue weighted by molar-refractivity contribution is 5.57. The Morgan fingerprint density at radius 1 is 1.64 bits per heavy atom. The number of nitrogens with one attached hydrogen (secondary N) is 1. The summed E-state index contributed by atoms with van der Waals surface area (Å²) in [6, 6.07) is 5.78. The first-order valence-electron chi connectivity index (χ1n) is 4.25. The van der Waals surface area contributed by atoms with E-state index in [9.17, 15) is 4.39 Å². The number of halogens is 1. The molecule has 0 spiro atoms. The van der Waals surface area contributed by atoms with Crippen molar-refractivity contribution in [3.63, 3.8) is 0 Å². The number of hydrogen-bond acceptors (Lipinski definition) is 3. The number of aliphatic hydroxyl groups is 1. The van der Waals surface area contributed by atoms with Crippen molar-refractivity contribution >= 4 is 5.69 Å². The Balaban J connectivity index is 2.82. The molecule has 1 aromatic carbocycles. The largest absolute Gasteiger partial charge is 0.392 e. The second kappa shape index (κ2) is 4.58. The summed E-state index contributed by atoms with van der Waals surface area (Å²) in [5, 5.41) is 20.6. The molecule has 14 heavy (non-hydrogen) atoms. The zero-order valence-corrected chi connectivity index (χ0v) is 7.79. The monoisotopic (exact) mass is 194 g/mol. The summed E-state index contributed by atoms with van der Waals surface area (Å²) >= 11 is 0. The van der Waals surface area contributed by atoms with Crippen molar-refractivity contribution in [3.05, 3.63) is 29.6 Å². The molecule has 74 valence electrons. The molecule has 0 bridgehead atoms. The molecule has 2 N–H and O–H groups in total. The highest BCUT2D eigenvalue weighted by atomic mass is 19.1. The van der Waals surface area contributed by atoms with Crippen LogP contribution in [-0.2, 0) is 0 Å². The van der Waals surface area contributed by atoms with E-state index in [4.69, 9.17) is 10.4 Å². The lowest BCUT2D eigenvalue weighted by molar-refractivity contribution is 0.208. The van der Waals surface area contributed by atoms with Crippen LogP contribution in [0.5, 0.6) is 0 Å². The fourth-order valence-electron chi connectivity index (χ4n) is 1.02. The van der Waals surface area contributed by atoms with Crippen LogP contribution < -0.4 is 5.32 Å². The normalized spacial score (nSPS) is 11.9. The van der Waals surface area contributed by atoms with Gasteiger partial charge in [-0.3, -0.25) is 0 Å². The molecule has 0 radical (unpaired) electrons. The maximum absolute atomic E-state index is 12.7. The van der Waals surface area contributed by atoms with Crippen molar-refractivity contribution in [1.29, 1.82) is 5.26 Å². The Kier molecular flexibility index (Phi) is 3.43. The minimum Gasteiger partial charge on any atom is -0.392 e. The van der Waals surface area contributed by atoms with Gasteiger partial charge in [0.1, 0.15) is 11.9 Å². The van der Waals surface area contributed by atoms with Crippen LogP contribution in [0.1, 0.15) is 12.5 Å². The Hall–Kier alpha value is -1.60. The average molecular weight is 194 g/mol. The minimum atomic E-state index is -0.508. The number of nitriles is 1. The van der Waals surface area contributed by atoms with E-state index in [0.717, 1.165) is 6.07 Å². The topological polar surface area (TPSA) is 56.0 Å². The Labute approximate surface area is 81.8 Å². The van der Waals surface area contributed by atoms with Gasteiger partial charge in [-0.25, -0.2) is 4.39 Å². The molecule has 0 amide bonds. The first kappa shape index (κ1) is 10.5. The van der Waals surface area contributed by atoms with Gasteiger partial charge in [-0.2, -0.15) is 5.26 Å². The van der Waals surface area contributed by atoms with Crippen LogP contribution in [0.15, 0.2) is 18.2 Å². The van der Waals surface area contributed by atoms with Crippen molar-refractivity contribution in [2.45, 2.75) is 13.0 Å². The molecule has 0 fully saturated rings. The Morgan fingerprint density at radius 2 is 2.36 bits per heavy atom. The maximum atomic E-state index is 12.7. The molecule has 0 saturated heterocycles. The van der Waals surface area contributed by atoms with E-state index in [2.05, 4.69) is 5.32 Å². The third kappa shape index (κ3) is 2.71. The molecule has 1 aromatic rings. The fraction of sp³-hybridized carbons (Fsp3) is 0.300. The third-order valence-corrected chi connectivity index (χ3v) is 1.69. The standard InChI is InChI=1S/C10H11FN2O/c1-7(14)6-13-10-3-2-9(11)4-8(10)5-12/h2-4,7,13-14H,6H2,1H3. The Morgan fingerprint density at radius 3 is 2.93 bits per heavy atom. The van der Waals surface area contributed by atoms with Gasteiger partial charge in [0, 0.05) is 6.54 Å². The van der Waals surface area contributed by atoms with E-state index >= 15 is 0 Å². The first-order chi connectivity index (χ1) is 6.63. The van der Waals surface area contributed by atoms with Crippen molar-refractivity contribution in [3.8, 4) is 6.07 Å². The van der Waals surface area contributed by atoms with Crippen LogP contribution in [0.25, 0.3) is 0 Å². The van der Waals surface area contributed by atoms with E-state index in [1.165, 1.54) is 12.1 Å². The number of nitrogens with zero attached hydrogens (tertiary/aromatic N) is 1. The molecule has 0 saturated carbocycles. The van der Waals surface area contributed by atoms with Gasteiger partial charge in [0.2, 0.25) is 0 Å². The van der Waals surface area contributed by atoms with Crippen molar-refractivity contribution in [1.82, 2.24) is 0 Å². The lowest BCUT2D eigenvalue weighted by Gasteiger charge is -2.09. The summed E-state index contributed by atoms with van der Waals surface area (Å²) in [6.07, 6.45) is -0.508. The number of rotatable bonds is 3. The summed E-state index contributed by atoms with van der Waals surface area (Å²) < 4.78 is 12.7. The lowest BCUT2D eigenvalue weighted by atomic mass is 10.2. The predicted octanol–water partition coefficient (Wildman–Crippen LogP) is 1.49. The van der Waals surface area contributed by atoms with Crippen LogP contribution >= 0.6 is 0 Å². The van der Waals surface area contributed by atoms with Gasteiger partial charge in [0.25, 0.3) is 0 Å². The molecule has 0 aliphatic heterocycles. The molecule has 3 nitrogen and oxygen atoms in total. The molecular weight excluding hydrogens is 183 g/mol. The second-order valence-electron chi connectivity index (χ2n) is 3.03. The van der Waals surface area contributed by atoms with E-state index in [-0.39, 0.29) is 5.56 Å². The van der Waals surface area contributed by atoms with E-state index in [1.807, 2.05) is 6.07 Å². The van der Waals surface area contributed by atoms with Gasteiger partial charge in [0.15, 0.2) is 0 Å². The van der Waals surface area contributed by atoms with Gasteiger partial charge >= 0.3 is 0 Å². The molecule has 0 aliphatic carbocycles. The maximum Gasteiger partial charge on any atom is 0.124 e. The second-order valence-corrected chi connectivity index (χ2v) is 3.03. The zero-order valence-electron chi connectivity index (χ0n) is 7.79. The third-order valence-electron chi connectivity index (χ3n) is 1.69. The molecule has 1 unspecified atom stereocenters. The number of aliphatic hydroxyl groups excluding tert-OH is 1. The number of anilines is 1. The molecule has 1 rings (SSSR count). The molecule has 1 atom stereocenters. The van der Waals surface area contributed by atoms with E-state index < -0.39 is 11.9 Å². The fourth-order valence-corrected chi connectivity index (χ4v) is 1.02. The summed E-state index contributed by atoms with van der Waals surface area (Å²) in [7, 11) is 0. The summed E-state index contributed by atoms with van der Waals surface area (Å²) in [5.74, 6) is -0.441. The SMILES string of the molecule is CC(O)CNc1ccc(F)cc1C#N. The highest BCUT2D eigenvalue weighted by Gasteiger charge is 2.03. The van der Waals surface area contributed by atoms with Crippen molar-refractivity contribution in [2.24, 2.45) is 0 Å². The van der Waals surface area contributed by atoms with Gasteiger partial charge in [-0.15, -0.1) is 0 Å². The quantitative estimate of drug-likeness (QED) is 0.766. The van der Waals surface area contributed by atoms with Gasteiger partial charge in [-0.1, -0.05) is 0 Å². The van der Waals surface area contributed by atoms with Gasteiger partial charge < -0.3 is 10.4 Å². The molecule has 0 aromatic heterocycles. The summed E-state index contributed by atoms with van der Waals surface area (Å²) in [4.78, 5) is 0. The number of benzene rings is 1. The first-order valence-corrected chi connectivity index (χ1v) is 4.25. The minimum absolute atomic E-state index is 0.241. The highest BCUT2D eigenvalue weighted by Crippen LogP contribution is 2.15. The molecule has 4 heteroatoms. The Bertz CT molecular complexity index is 358. The van der Waals surface area contributed by atoms with Crippen LogP contribution in [0.3, 0.4) is 0 Å². The van der Waals surface area contributed by atoms with Gasteiger partial charge in [-0.05, 0) is 25.1 Å². The average Bonchev–Trinajstić information content (AvgIpc) is 2.15. The van der Waals surface area contributed by atoms with Crippen LogP contribution in [0.4, 0.5) is 10.1 Å². The smallest absolute Gasteiger partial charge is 0.124 e. The van der Waals surface area contributed by atoms with Gasteiger partial charge in [0.05, 0.1) is 17.4 Å². The predicted molar refractivity (Wildman–Crippen MR) is 51.3 cm³/mol. The summed E-state index contributed by atoms with van der Waals surface area (Å²) in [6.45, 7) is 1.96. The van der Waals surface area contributed by atoms with Crippen molar-refractivity contribution in [2.75, 3.05) is 11.9 Å². The van der Waals surface area contributed by atoms with Crippen molar-refractivity contribution < 1.29 is 9.50 Å². The molecular formula is C10H11FN2O. The molecule has 0 heterocycles. The van der Waals surface area contributed by atoms with Crippen LogP contribution in [0, 0.1) is 17.1 Å². The number of hydrogen-bond donors (Lipinski definition) is 2. The van der Waals surface area contributed by atoms with Crippen LogP contribution in [0.2, 0.25) is 0 Å². The van der Waals surface area contributed by atoms with E-state index in [1.54, 1.807) is 6.92 Å². The zero-order chi connectivity index (χ0) is 10.6. The lowest BCUT2D eigenvalue weighted by Crippen LogP contribution is -2.15. The van der Waals surface area contributed by atoms with E-state index in [0.29, 0.717) is 12.2 Å². The van der Waals surface area contributed by atoms with Crippen LogP contribution in [-0.4, -0.2) is 17.8 Å². The summed E-state index contributed by atoms with van der Waals surface area (Å²) in [5.41, 5.74) is 0.778.